The molecule has 2 aliphatic rings. The standard InChI is InChI=1S/C12H23N3O2/c1-10(15-6-3-11(9-15)17-2)12(16)14-7-4-13-5-8-14/h10-11,13H,3-9H2,1-2H3. The van der Waals surface area contributed by atoms with Gasteiger partial charge < -0.3 is 15.0 Å². The topological polar surface area (TPSA) is 44.8 Å². The second-order valence-corrected chi connectivity index (χ2v) is 4.89. The van der Waals surface area contributed by atoms with Gasteiger partial charge in [0.1, 0.15) is 0 Å². The average molecular weight is 241 g/mol. The van der Waals surface area contributed by atoms with Crippen molar-refractivity contribution in [2.75, 3.05) is 46.4 Å². The zero-order chi connectivity index (χ0) is 12.3. The van der Waals surface area contributed by atoms with E-state index in [2.05, 4.69) is 10.2 Å². The number of piperazine rings is 1. The predicted molar refractivity (Wildman–Crippen MR) is 65.9 cm³/mol. The maximum absolute atomic E-state index is 12.3. The smallest absolute Gasteiger partial charge is 0.239 e. The van der Waals surface area contributed by atoms with Gasteiger partial charge in [-0.1, -0.05) is 0 Å². The second kappa shape index (κ2) is 5.80. The summed E-state index contributed by atoms with van der Waals surface area (Å²) in [4.78, 5) is 16.5. The van der Waals surface area contributed by atoms with Crippen LogP contribution in [0.25, 0.3) is 0 Å². The number of nitrogens with one attached hydrogen (secondary N) is 1. The van der Waals surface area contributed by atoms with Gasteiger partial charge >= 0.3 is 0 Å². The van der Waals surface area contributed by atoms with Crippen LogP contribution in [0, 0.1) is 0 Å². The van der Waals surface area contributed by atoms with E-state index in [1.165, 1.54) is 0 Å². The first kappa shape index (κ1) is 12.8. The number of hydrogen-bond donors (Lipinski definition) is 1. The van der Waals surface area contributed by atoms with Crippen LogP contribution in [0.4, 0.5) is 0 Å². The minimum atomic E-state index is -0.00625. The number of carbonyl (C=O) groups excluding carboxylic acids is 1. The molecule has 5 heteroatoms. The van der Waals surface area contributed by atoms with Gasteiger partial charge in [0.05, 0.1) is 12.1 Å². The Hall–Kier alpha value is -0.650. The molecule has 2 unspecified atom stereocenters. The Morgan fingerprint density at radius 1 is 1.35 bits per heavy atom. The van der Waals surface area contributed by atoms with Crippen molar-refractivity contribution in [3.63, 3.8) is 0 Å². The van der Waals surface area contributed by atoms with E-state index >= 15 is 0 Å². The number of rotatable bonds is 3. The number of nitrogens with zero attached hydrogens (tertiary/aromatic N) is 2. The fourth-order valence-corrected chi connectivity index (χ4v) is 2.60. The maximum atomic E-state index is 12.3. The van der Waals surface area contributed by atoms with E-state index in [9.17, 15) is 4.79 Å². The highest BCUT2D eigenvalue weighted by atomic mass is 16.5. The quantitative estimate of drug-likeness (QED) is 0.725. The first-order valence-corrected chi connectivity index (χ1v) is 6.48. The predicted octanol–water partition coefficient (Wildman–Crippen LogP) is -0.473. The summed E-state index contributed by atoms with van der Waals surface area (Å²) in [7, 11) is 1.75. The summed E-state index contributed by atoms with van der Waals surface area (Å²) in [5.41, 5.74) is 0. The van der Waals surface area contributed by atoms with E-state index in [1.807, 2.05) is 11.8 Å². The van der Waals surface area contributed by atoms with E-state index in [0.717, 1.165) is 45.7 Å². The molecular weight excluding hydrogens is 218 g/mol. The Balaban J connectivity index is 1.86. The molecule has 2 fully saturated rings. The van der Waals surface area contributed by atoms with E-state index in [0.29, 0.717) is 6.10 Å². The Morgan fingerprint density at radius 2 is 2.06 bits per heavy atom. The lowest BCUT2D eigenvalue weighted by molar-refractivity contribution is -0.136. The van der Waals surface area contributed by atoms with Crippen LogP contribution >= 0.6 is 0 Å². The fraction of sp³-hybridized carbons (Fsp3) is 0.917. The van der Waals surface area contributed by atoms with E-state index in [4.69, 9.17) is 4.74 Å². The lowest BCUT2D eigenvalue weighted by Crippen LogP contribution is -2.52. The molecule has 2 rings (SSSR count). The third-order valence-corrected chi connectivity index (χ3v) is 3.84. The van der Waals surface area contributed by atoms with Crippen molar-refractivity contribution in [1.29, 1.82) is 0 Å². The van der Waals surface area contributed by atoms with Gasteiger partial charge in [0, 0.05) is 46.4 Å². The molecule has 2 aliphatic heterocycles. The Labute approximate surface area is 103 Å². The zero-order valence-corrected chi connectivity index (χ0v) is 10.8. The van der Waals surface area contributed by atoms with Crippen LogP contribution in [0.15, 0.2) is 0 Å². The molecule has 0 radical (unpaired) electrons. The summed E-state index contributed by atoms with van der Waals surface area (Å²) in [6.45, 7) is 7.38. The van der Waals surface area contributed by atoms with Gasteiger partial charge in [-0.2, -0.15) is 0 Å². The highest BCUT2D eigenvalue weighted by Gasteiger charge is 2.32. The third-order valence-electron chi connectivity index (χ3n) is 3.84. The van der Waals surface area contributed by atoms with Gasteiger partial charge in [-0.3, -0.25) is 9.69 Å². The largest absolute Gasteiger partial charge is 0.380 e. The summed E-state index contributed by atoms with van der Waals surface area (Å²) >= 11 is 0. The zero-order valence-electron chi connectivity index (χ0n) is 10.8. The van der Waals surface area contributed by atoms with Crippen molar-refractivity contribution in [2.45, 2.75) is 25.5 Å². The number of likely N-dealkylation sites (tertiary alicyclic amines) is 1. The first-order valence-electron chi connectivity index (χ1n) is 6.48. The van der Waals surface area contributed by atoms with Crippen LogP contribution in [-0.2, 0) is 9.53 Å². The summed E-state index contributed by atoms with van der Waals surface area (Å²) in [6, 6.07) is -0.00625. The number of ether oxygens (including phenoxy) is 1. The van der Waals surface area contributed by atoms with Gasteiger partial charge in [-0.05, 0) is 13.3 Å². The molecule has 0 aromatic carbocycles. The highest BCUT2D eigenvalue weighted by Crippen LogP contribution is 2.16. The molecular formula is C12H23N3O2. The van der Waals surface area contributed by atoms with Crippen molar-refractivity contribution in [2.24, 2.45) is 0 Å². The summed E-state index contributed by atoms with van der Waals surface area (Å²) in [5, 5.41) is 3.27. The van der Waals surface area contributed by atoms with E-state index < -0.39 is 0 Å². The van der Waals surface area contributed by atoms with Crippen LogP contribution in [-0.4, -0.2) is 74.2 Å². The minimum Gasteiger partial charge on any atom is -0.380 e. The Bertz CT molecular complexity index is 266. The Morgan fingerprint density at radius 3 is 2.65 bits per heavy atom. The maximum Gasteiger partial charge on any atom is 0.239 e. The van der Waals surface area contributed by atoms with E-state index in [1.54, 1.807) is 7.11 Å². The second-order valence-electron chi connectivity index (χ2n) is 4.89. The lowest BCUT2D eigenvalue weighted by Gasteiger charge is -2.33. The van der Waals surface area contributed by atoms with Crippen LogP contribution in [0.1, 0.15) is 13.3 Å². The van der Waals surface area contributed by atoms with E-state index in [-0.39, 0.29) is 11.9 Å². The molecule has 17 heavy (non-hydrogen) atoms. The molecule has 2 heterocycles. The average Bonchev–Trinajstić information content (AvgIpc) is 2.87. The molecule has 0 saturated carbocycles. The van der Waals surface area contributed by atoms with Gasteiger partial charge in [0.15, 0.2) is 0 Å². The van der Waals surface area contributed by atoms with Crippen molar-refractivity contribution in [3.8, 4) is 0 Å². The minimum absolute atomic E-state index is 0.00625. The van der Waals surface area contributed by atoms with Crippen molar-refractivity contribution in [3.05, 3.63) is 0 Å². The molecule has 0 aliphatic carbocycles. The van der Waals surface area contributed by atoms with Crippen LogP contribution in [0.3, 0.4) is 0 Å². The van der Waals surface area contributed by atoms with Crippen LogP contribution in [0.5, 0.6) is 0 Å². The number of carbonyl (C=O) groups is 1. The van der Waals surface area contributed by atoms with Gasteiger partial charge in [-0.25, -0.2) is 0 Å². The molecule has 2 saturated heterocycles. The first-order chi connectivity index (χ1) is 8.22. The molecule has 0 aromatic heterocycles. The molecule has 2 atom stereocenters. The number of hydrogen-bond acceptors (Lipinski definition) is 4. The molecule has 1 amide bonds. The molecule has 5 nitrogen and oxygen atoms in total. The van der Waals surface area contributed by atoms with Crippen molar-refractivity contribution in [1.82, 2.24) is 15.1 Å². The molecule has 0 aromatic rings. The van der Waals surface area contributed by atoms with Gasteiger partial charge in [0.25, 0.3) is 0 Å². The monoisotopic (exact) mass is 241 g/mol. The summed E-state index contributed by atoms with van der Waals surface area (Å²) < 4.78 is 5.34. The number of methoxy groups -OCH3 is 1. The third kappa shape index (κ3) is 2.97. The van der Waals surface area contributed by atoms with Crippen molar-refractivity contribution >= 4 is 5.91 Å². The SMILES string of the molecule is COC1CCN(C(C)C(=O)N2CCNCC2)C1. The molecule has 98 valence electrons. The number of amides is 1. The van der Waals surface area contributed by atoms with Gasteiger partial charge in [0.2, 0.25) is 5.91 Å². The van der Waals surface area contributed by atoms with Crippen LogP contribution < -0.4 is 5.32 Å². The van der Waals surface area contributed by atoms with Crippen LogP contribution in [0.2, 0.25) is 0 Å². The highest BCUT2D eigenvalue weighted by molar-refractivity contribution is 5.81. The summed E-state index contributed by atoms with van der Waals surface area (Å²) in [6.07, 6.45) is 1.34. The lowest BCUT2D eigenvalue weighted by atomic mass is 10.2. The molecule has 0 spiro atoms. The van der Waals surface area contributed by atoms with Gasteiger partial charge in [-0.15, -0.1) is 0 Å². The van der Waals surface area contributed by atoms with Crippen molar-refractivity contribution < 1.29 is 9.53 Å². The molecule has 0 bridgehead atoms. The normalized spacial score (nSPS) is 28.4. The summed E-state index contributed by atoms with van der Waals surface area (Å²) in [5.74, 6) is 0.267. The Kier molecular flexibility index (Phi) is 4.36. The molecule has 1 N–H and O–H groups in total. The fourth-order valence-electron chi connectivity index (χ4n) is 2.60.